The van der Waals surface area contributed by atoms with Gasteiger partial charge in [-0.3, -0.25) is 4.79 Å². The zero-order valence-corrected chi connectivity index (χ0v) is 8.69. The molecule has 0 bridgehead atoms. The first kappa shape index (κ1) is 10.2. The Bertz CT molecular complexity index is 377. The summed E-state index contributed by atoms with van der Waals surface area (Å²) in [5.74, 6) is 0.381. The van der Waals surface area contributed by atoms with Crippen molar-refractivity contribution in [1.29, 1.82) is 0 Å². The van der Waals surface area contributed by atoms with Gasteiger partial charge in [-0.05, 0) is 19.3 Å². The highest BCUT2D eigenvalue weighted by molar-refractivity contribution is 5.32. The molecule has 2 atom stereocenters. The maximum absolute atomic E-state index is 11.4. The Kier molecular flexibility index (Phi) is 3.01. The Hall–Kier alpha value is -1.36. The van der Waals surface area contributed by atoms with Gasteiger partial charge in [0.05, 0.1) is 12.1 Å². The van der Waals surface area contributed by atoms with Gasteiger partial charge in [0.2, 0.25) is 0 Å². The van der Waals surface area contributed by atoms with Crippen LogP contribution in [0.1, 0.15) is 19.3 Å². The lowest BCUT2D eigenvalue weighted by Crippen LogP contribution is -2.32. The lowest BCUT2D eigenvalue weighted by atomic mass is 10.2. The molecular formula is C10H15N3O2. The number of nitrogens with one attached hydrogen (secondary N) is 2. The fourth-order valence-electron chi connectivity index (χ4n) is 2.00. The number of anilines is 1. The second-order valence-electron chi connectivity index (χ2n) is 3.72. The van der Waals surface area contributed by atoms with Gasteiger partial charge < -0.3 is 15.0 Å². The molecule has 0 aromatic carbocycles. The fourth-order valence-corrected chi connectivity index (χ4v) is 2.00. The van der Waals surface area contributed by atoms with Crippen molar-refractivity contribution in [2.45, 2.75) is 31.4 Å². The van der Waals surface area contributed by atoms with E-state index in [1.54, 1.807) is 13.3 Å². The van der Waals surface area contributed by atoms with Crippen LogP contribution in [0.25, 0.3) is 0 Å². The van der Waals surface area contributed by atoms with Crippen LogP contribution in [-0.2, 0) is 4.74 Å². The second kappa shape index (κ2) is 4.44. The summed E-state index contributed by atoms with van der Waals surface area (Å²) < 4.78 is 5.33. The number of hydrogen-bond acceptors (Lipinski definition) is 4. The Morgan fingerprint density at radius 2 is 2.47 bits per heavy atom. The monoisotopic (exact) mass is 209 g/mol. The Labute approximate surface area is 87.9 Å². The molecule has 5 nitrogen and oxygen atoms in total. The van der Waals surface area contributed by atoms with Crippen molar-refractivity contribution < 1.29 is 4.74 Å². The highest BCUT2D eigenvalue weighted by atomic mass is 16.5. The SMILES string of the molecule is COC1CCCC1Nc1ncc[nH]c1=O. The normalized spacial score (nSPS) is 25.4. The predicted molar refractivity (Wildman–Crippen MR) is 56.9 cm³/mol. The van der Waals surface area contributed by atoms with E-state index < -0.39 is 0 Å². The summed E-state index contributed by atoms with van der Waals surface area (Å²) in [6.45, 7) is 0. The summed E-state index contributed by atoms with van der Waals surface area (Å²) in [5, 5.41) is 3.13. The van der Waals surface area contributed by atoms with Crippen LogP contribution in [0.15, 0.2) is 17.2 Å². The molecule has 0 amide bonds. The number of rotatable bonds is 3. The van der Waals surface area contributed by atoms with Crippen molar-refractivity contribution >= 4 is 5.82 Å². The molecule has 1 aliphatic rings. The van der Waals surface area contributed by atoms with Crippen LogP contribution in [0, 0.1) is 0 Å². The maximum atomic E-state index is 11.4. The van der Waals surface area contributed by atoms with E-state index in [2.05, 4.69) is 15.3 Å². The zero-order valence-electron chi connectivity index (χ0n) is 8.69. The molecule has 2 rings (SSSR count). The van der Waals surface area contributed by atoms with Crippen molar-refractivity contribution in [2.75, 3.05) is 12.4 Å². The summed E-state index contributed by atoms with van der Waals surface area (Å²) in [7, 11) is 1.70. The van der Waals surface area contributed by atoms with Crippen LogP contribution in [0.5, 0.6) is 0 Å². The first-order chi connectivity index (χ1) is 7.31. The molecule has 1 heterocycles. The fraction of sp³-hybridized carbons (Fsp3) is 0.600. The van der Waals surface area contributed by atoms with Crippen LogP contribution >= 0.6 is 0 Å². The molecule has 5 heteroatoms. The lowest BCUT2D eigenvalue weighted by Gasteiger charge is -2.19. The average molecular weight is 209 g/mol. The molecule has 1 saturated carbocycles. The van der Waals surface area contributed by atoms with E-state index in [0.29, 0.717) is 5.82 Å². The lowest BCUT2D eigenvalue weighted by molar-refractivity contribution is 0.101. The minimum atomic E-state index is -0.181. The van der Waals surface area contributed by atoms with Crippen LogP contribution in [-0.4, -0.2) is 29.2 Å². The molecule has 2 unspecified atom stereocenters. The van der Waals surface area contributed by atoms with Gasteiger partial charge in [-0.2, -0.15) is 0 Å². The van der Waals surface area contributed by atoms with E-state index in [1.165, 1.54) is 6.20 Å². The minimum absolute atomic E-state index is 0.181. The topological polar surface area (TPSA) is 67.0 Å². The van der Waals surface area contributed by atoms with Crippen LogP contribution < -0.4 is 10.9 Å². The van der Waals surface area contributed by atoms with E-state index in [9.17, 15) is 4.79 Å². The van der Waals surface area contributed by atoms with Gasteiger partial charge in [0.25, 0.3) is 5.56 Å². The van der Waals surface area contributed by atoms with Gasteiger partial charge in [-0.1, -0.05) is 0 Å². The van der Waals surface area contributed by atoms with Crippen LogP contribution in [0.4, 0.5) is 5.82 Å². The molecule has 1 aromatic heterocycles. The highest BCUT2D eigenvalue weighted by Crippen LogP contribution is 2.23. The number of methoxy groups -OCH3 is 1. The summed E-state index contributed by atoms with van der Waals surface area (Å²) in [6, 6.07) is 0.200. The third kappa shape index (κ3) is 2.18. The largest absolute Gasteiger partial charge is 0.379 e. The smallest absolute Gasteiger partial charge is 0.290 e. The number of H-pyrrole nitrogens is 1. The Morgan fingerprint density at radius 1 is 1.60 bits per heavy atom. The maximum Gasteiger partial charge on any atom is 0.290 e. The number of aromatic nitrogens is 2. The molecule has 82 valence electrons. The van der Waals surface area contributed by atoms with Gasteiger partial charge in [-0.15, -0.1) is 0 Å². The van der Waals surface area contributed by atoms with Gasteiger partial charge in [0.1, 0.15) is 0 Å². The van der Waals surface area contributed by atoms with Crippen molar-refractivity contribution in [3.63, 3.8) is 0 Å². The molecule has 1 fully saturated rings. The average Bonchev–Trinajstić information content (AvgIpc) is 2.69. The third-order valence-electron chi connectivity index (χ3n) is 2.79. The molecule has 15 heavy (non-hydrogen) atoms. The summed E-state index contributed by atoms with van der Waals surface area (Å²) in [6.07, 6.45) is 6.47. The standard InChI is InChI=1S/C10H15N3O2/c1-15-8-4-2-3-7(8)13-9-10(14)12-6-5-11-9/h5-8H,2-4H2,1H3,(H,11,13)(H,12,14). The van der Waals surface area contributed by atoms with E-state index in [0.717, 1.165) is 19.3 Å². The molecule has 0 aliphatic heterocycles. The summed E-state index contributed by atoms with van der Waals surface area (Å²) >= 11 is 0. The first-order valence-corrected chi connectivity index (χ1v) is 5.14. The minimum Gasteiger partial charge on any atom is -0.379 e. The number of ether oxygens (including phenoxy) is 1. The van der Waals surface area contributed by atoms with Gasteiger partial charge >= 0.3 is 0 Å². The molecule has 0 radical (unpaired) electrons. The first-order valence-electron chi connectivity index (χ1n) is 5.14. The van der Waals surface area contributed by atoms with E-state index >= 15 is 0 Å². The van der Waals surface area contributed by atoms with E-state index in [1.807, 2.05) is 0 Å². The van der Waals surface area contributed by atoms with Crippen LogP contribution in [0.3, 0.4) is 0 Å². The molecule has 0 saturated heterocycles. The van der Waals surface area contributed by atoms with Gasteiger partial charge in [-0.25, -0.2) is 4.98 Å². The summed E-state index contributed by atoms with van der Waals surface area (Å²) in [5.41, 5.74) is -0.181. The molecular weight excluding hydrogens is 194 g/mol. The molecule has 1 aromatic rings. The van der Waals surface area contributed by atoms with Crippen molar-refractivity contribution in [3.8, 4) is 0 Å². The summed E-state index contributed by atoms with van der Waals surface area (Å²) in [4.78, 5) is 18.0. The molecule has 2 N–H and O–H groups in total. The second-order valence-corrected chi connectivity index (χ2v) is 3.72. The van der Waals surface area contributed by atoms with E-state index in [4.69, 9.17) is 4.74 Å². The highest BCUT2D eigenvalue weighted by Gasteiger charge is 2.27. The number of nitrogens with zero attached hydrogens (tertiary/aromatic N) is 1. The predicted octanol–water partition coefficient (Wildman–Crippen LogP) is 0.749. The zero-order chi connectivity index (χ0) is 10.7. The van der Waals surface area contributed by atoms with E-state index in [-0.39, 0.29) is 17.7 Å². The Balaban J connectivity index is 2.08. The van der Waals surface area contributed by atoms with Crippen molar-refractivity contribution in [3.05, 3.63) is 22.7 Å². The van der Waals surface area contributed by atoms with Crippen molar-refractivity contribution in [1.82, 2.24) is 9.97 Å². The quantitative estimate of drug-likeness (QED) is 0.770. The van der Waals surface area contributed by atoms with Crippen LogP contribution in [0.2, 0.25) is 0 Å². The molecule has 0 spiro atoms. The number of aromatic amines is 1. The molecule has 1 aliphatic carbocycles. The number of hydrogen-bond donors (Lipinski definition) is 2. The Morgan fingerprint density at radius 3 is 3.20 bits per heavy atom. The van der Waals surface area contributed by atoms with Crippen molar-refractivity contribution in [2.24, 2.45) is 0 Å². The third-order valence-corrected chi connectivity index (χ3v) is 2.79. The van der Waals surface area contributed by atoms with Gasteiger partial charge in [0.15, 0.2) is 5.82 Å². The van der Waals surface area contributed by atoms with Gasteiger partial charge in [0, 0.05) is 19.5 Å².